The van der Waals surface area contributed by atoms with Crippen LogP contribution in [0.4, 0.5) is 10.5 Å². The average Bonchev–Trinajstić information content (AvgIpc) is 2.90. The zero-order chi connectivity index (χ0) is 20.0. The Morgan fingerprint density at radius 1 is 1.30 bits per heavy atom. The van der Waals surface area contributed by atoms with Crippen LogP contribution >= 0.6 is 11.3 Å². The molecule has 0 unspecified atom stereocenters. The van der Waals surface area contributed by atoms with Gasteiger partial charge in [0.05, 0.1) is 35.2 Å². The van der Waals surface area contributed by atoms with Crippen LogP contribution in [0.1, 0.15) is 39.0 Å². The summed E-state index contributed by atoms with van der Waals surface area (Å²) in [5.74, 6) is -0.542. The first kappa shape index (κ1) is 20.5. The minimum Gasteiger partial charge on any atom is -0.463 e. The Balaban J connectivity index is 2.49. The lowest BCUT2D eigenvalue weighted by Gasteiger charge is -2.19. The van der Waals surface area contributed by atoms with E-state index in [2.05, 4.69) is 5.32 Å². The predicted molar refractivity (Wildman–Crippen MR) is 107 cm³/mol. The van der Waals surface area contributed by atoms with E-state index in [9.17, 15) is 9.59 Å². The molecular formula is C20H22N2O4S. The molecule has 1 aromatic carbocycles. The van der Waals surface area contributed by atoms with Crippen molar-refractivity contribution in [2.75, 3.05) is 11.9 Å². The Labute approximate surface area is 162 Å². The summed E-state index contributed by atoms with van der Waals surface area (Å²) in [5.41, 5.74) is 0.144. The van der Waals surface area contributed by atoms with Crippen molar-refractivity contribution in [2.45, 2.75) is 39.7 Å². The molecule has 0 spiro atoms. The van der Waals surface area contributed by atoms with Crippen LogP contribution in [0, 0.1) is 11.3 Å². The van der Waals surface area contributed by atoms with Gasteiger partial charge in [-0.2, -0.15) is 5.26 Å². The number of nitrogens with zero attached hydrogens (tertiary/aromatic N) is 1. The van der Waals surface area contributed by atoms with Gasteiger partial charge in [0.1, 0.15) is 5.60 Å². The molecule has 0 atom stereocenters. The smallest absolute Gasteiger partial charge is 0.412 e. The third-order valence-electron chi connectivity index (χ3n) is 3.36. The number of carbonyl (C=O) groups excluding carboxylic acids is 2. The summed E-state index contributed by atoms with van der Waals surface area (Å²) in [4.78, 5) is 25.1. The summed E-state index contributed by atoms with van der Waals surface area (Å²) < 4.78 is 11.3. The van der Waals surface area contributed by atoms with Gasteiger partial charge in [-0.05, 0) is 39.8 Å². The normalized spacial score (nSPS) is 11.7. The van der Waals surface area contributed by atoms with E-state index in [1.165, 1.54) is 11.3 Å². The number of hydrogen-bond donors (Lipinski definition) is 1. The van der Waals surface area contributed by atoms with Gasteiger partial charge in [-0.15, -0.1) is 11.3 Å². The zero-order valence-electron chi connectivity index (χ0n) is 15.8. The molecule has 1 amide bonds. The fourth-order valence-corrected chi connectivity index (χ4v) is 3.48. The van der Waals surface area contributed by atoms with E-state index in [4.69, 9.17) is 14.7 Å². The highest BCUT2D eigenvalue weighted by Crippen LogP contribution is 2.37. The second-order valence-electron chi connectivity index (χ2n) is 6.69. The maximum absolute atomic E-state index is 12.3. The van der Waals surface area contributed by atoms with Gasteiger partial charge in [-0.1, -0.05) is 18.2 Å². The molecule has 7 heteroatoms. The Kier molecular flexibility index (Phi) is 6.59. The highest BCUT2D eigenvalue weighted by atomic mass is 32.1. The number of fused-ring (bicyclic) bond motifs is 1. The fraction of sp³-hybridized carbons (Fsp3) is 0.350. The molecule has 2 aromatic rings. The van der Waals surface area contributed by atoms with Crippen LogP contribution in [-0.2, 0) is 14.3 Å². The monoisotopic (exact) mass is 386 g/mol. The van der Waals surface area contributed by atoms with Crippen molar-refractivity contribution < 1.29 is 19.1 Å². The molecule has 2 rings (SSSR count). The molecule has 1 N–H and O–H groups in total. The topological polar surface area (TPSA) is 88.4 Å². The summed E-state index contributed by atoms with van der Waals surface area (Å²) >= 11 is 1.41. The van der Waals surface area contributed by atoms with Crippen molar-refractivity contribution >= 4 is 45.2 Å². The minimum absolute atomic E-state index is 0.0844. The number of nitriles is 1. The molecule has 1 aromatic heterocycles. The number of carbonyl (C=O) groups is 2. The van der Waals surface area contributed by atoms with E-state index in [0.717, 1.165) is 10.1 Å². The molecule has 0 aliphatic carbocycles. The van der Waals surface area contributed by atoms with E-state index < -0.39 is 17.7 Å². The summed E-state index contributed by atoms with van der Waals surface area (Å²) in [5, 5.41) is 12.6. The molecule has 0 fully saturated rings. The Bertz CT molecular complexity index is 916. The Morgan fingerprint density at radius 2 is 2.00 bits per heavy atom. The maximum atomic E-state index is 12.3. The van der Waals surface area contributed by atoms with Crippen LogP contribution in [-0.4, -0.2) is 24.3 Å². The molecule has 0 saturated carbocycles. The van der Waals surface area contributed by atoms with Crippen molar-refractivity contribution in [1.29, 1.82) is 5.26 Å². The first-order valence-corrected chi connectivity index (χ1v) is 9.33. The highest BCUT2D eigenvalue weighted by molar-refractivity contribution is 7.20. The molecule has 1 heterocycles. The lowest BCUT2D eigenvalue weighted by Crippen LogP contribution is -2.27. The summed E-state index contributed by atoms with van der Waals surface area (Å²) in [6, 6.07) is 9.54. The maximum Gasteiger partial charge on any atom is 0.412 e. The first-order valence-electron chi connectivity index (χ1n) is 8.51. The number of ether oxygens (including phenoxy) is 2. The van der Waals surface area contributed by atoms with E-state index in [1.807, 2.05) is 30.3 Å². The lowest BCUT2D eigenvalue weighted by atomic mass is 10.1. The molecule has 6 nitrogen and oxygen atoms in total. The number of anilines is 1. The van der Waals surface area contributed by atoms with Gasteiger partial charge in [0.25, 0.3) is 0 Å². The molecular weight excluding hydrogens is 364 g/mol. The number of hydrogen-bond acceptors (Lipinski definition) is 6. The molecule has 0 aliphatic rings. The molecule has 142 valence electrons. The molecule has 0 radical (unpaired) electrons. The predicted octanol–water partition coefficient (Wildman–Crippen LogP) is 5.11. The number of nitrogens with one attached hydrogen (secondary N) is 1. The number of esters is 1. The molecule has 27 heavy (non-hydrogen) atoms. The van der Waals surface area contributed by atoms with E-state index in [-0.39, 0.29) is 18.6 Å². The number of rotatable bonds is 5. The SMILES string of the molecule is CCOC(=O)/C(=C/c1sc2ccccc2c1NC(=O)OC(C)(C)C)CC#N. The number of amides is 1. The molecule has 0 saturated heterocycles. The van der Waals surface area contributed by atoms with Crippen molar-refractivity contribution in [2.24, 2.45) is 0 Å². The molecule has 0 aliphatic heterocycles. The quantitative estimate of drug-likeness (QED) is 0.570. The van der Waals surface area contributed by atoms with Gasteiger partial charge in [0.2, 0.25) is 0 Å². The largest absolute Gasteiger partial charge is 0.463 e. The van der Waals surface area contributed by atoms with Crippen LogP contribution in [0.25, 0.3) is 16.2 Å². The van der Waals surface area contributed by atoms with Crippen molar-refractivity contribution in [1.82, 2.24) is 0 Å². The second kappa shape index (κ2) is 8.69. The standard InChI is InChI=1S/C20H22N2O4S/c1-5-25-18(23)13(10-11-21)12-16-17(22-19(24)26-20(2,3)4)14-8-6-7-9-15(14)27-16/h6-9,12H,5,10H2,1-4H3,(H,22,24)/b13-12+. The summed E-state index contributed by atoms with van der Waals surface area (Å²) in [6.07, 6.45) is 0.927. The van der Waals surface area contributed by atoms with Crippen LogP contribution in [0.3, 0.4) is 0 Å². The Hall–Kier alpha value is -2.85. The molecule has 0 bridgehead atoms. The average molecular weight is 386 g/mol. The van der Waals surface area contributed by atoms with Gasteiger partial charge in [0.15, 0.2) is 0 Å². The first-order chi connectivity index (χ1) is 12.7. The van der Waals surface area contributed by atoms with Gasteiger partial charge < -0.3 is 9.47 Å². The number of thiophene rings is 1. The number of benzene rings is 1. The van der Waals surface area contributed by atoms with E-state index in [0.29, 0.717) is 10.6 Å². The summed E-state index contributed by atoms with van der Waals surface area (Å²) in [7, 11) is 0. The third kappa shape index (κ3) is 5.56. The van der Waals surface area contributed by atoms with Gasteiger partial charge in [-0.3, -0.25) is 5.32 Å². The van der Waals surface area contributed by atoms with Gasteiger partial charge in [0, 0.05) is 10.1 Å². The summed E-state index contributed by atoms with van der Waals surface area (Å²) in [6.45, 7) is 7.27. The van der Waals surface area contributed by atoms with Crippen LogP contribution in [0.5, 0.6) is 0 Å². The van der Waals surface area contributed by atoms with Crippen LogP contribution in [0.15, 0.2) is 29.8 Å². The van der Waals surface area contributed by atoms with Gasteiger partial charge >= 0.3 is 12.1 Å². The Morgan fingerprint density at radius 3 is 2.63 bits per heavy atom. The van der Waals surface area contributed by atoms with E-state index >= 15 is 0 Å². The van der Waals surface area contributed by atoms with Crippen molar-refractivity contribution in [3.63, 3.8) is 0 Å². The van der Waals surface area contributed by atoms with Crippen molar-refractivity contribution in [3.8, 4) is 6.07 Å². The lowest BCUT2D eigenvalue weighted by molar-refractivity contribution is -0.138. The fourth-order valence-electron chi connectivity index (χ4n) is 2.35. The third-order valence-corrected chi connectivity index (χ3v) is 4.48. The highest BCUT2D eigenvalue weighted by Gasteiger charge is 2.20. The van der Waals surface area contributed by atoms with Crippen LogP contribution in [0.2, 0.25) is 0 Å². The van der Waals surface area contributed by atoms with E-state index in [1.54, 1.807) is 33.8 Å². The zero-order valence-corrected chi connectivity index (χ0v) is 16.6. The van der Waals surface area contributed by atoms with Crippen LogP contribution < -0.4 is 5.32 Å². The second-order valence-corrected chi connectivity index (χ2v) is 7.77. The minimum atomic E-state index is -0.636. The van der Waals surface area contributed by atoms with Gasteiger partial charge in [-0.25, -0.2) is 9.59 Å². The van der Waals surface area contributed by atoms with Crippen molar-refractivity contribution in [3.05, 3.63) is 34.7 Å².